The molecule has 1 atom stereocenters. The van der Waals surface area contributed by atoms with E-state index in [-0.39, 0.29) is 12.6 Å². The fourth-order valence-electron chi connectivity index (χ4n) is 2.72. The quantitative estimate of drug-likeness (QED) is 0.225. The SMILES string of the molecule is CC(=O)C(=[N+]=[N-])C(=O)OC[C@H](Cc1ccccc1)N(C)Cc1ccccc1. The number of ketones is 1. The summed E-state index contributed by atoms with van der Waals surface area (Å²) in [4.78, 5) is 28.2. The average Bonchev–Trinajstić information content (AvgIpc) is 2.67. The van der Waals surface area contributed by atoms with E-state index in [4.69, 9.17) is 10.3 Å². The fraction of sp³-hybridized carbons (Fsp3) is 0.286. The Labute approximate surface area is 159 Å². The van der Waals surface area contributed by atoms with E-state index in [2.05, 4.69) is 9.69 Å². The third kappa shape index (κ3) is 6.29. The van der Waals surface area contributed by atoms with Crippen molar-refractivity contribution in [3.8, 4) is 0 Å². The predicted octanol–water partition coefficient (Wildman–Crippen LogP) is 2.53. The Morgan fingerprint density at radius 2 is 1.59 bits per heavy atom. The van der Waals surface area contributed by atoms with Crippen LogP contribution in [0.25, 0.3) is 5.53 Å². The van der Waals surface area contributed by atoms with Gasteiger partial charge in [-0.15, -0.1) is 0 Å². The monoisotopic (exact) mass is 365 g/mol. The summed E-state index contributed by atoms with van der Waals surface area (Å²) in [6.07, 6.45) is 0.670. The third-order valence-corrected chi connectivity index (χ3v) is 4.25. The van der Waals surface area contributed by atoms with E-state index in [1.807, 2.05) is 67.7 Å². The Morgan fingerprint density at radius 3 is 2.11 bits per heavy atom. The minimum atomic E-state index is -0.920. The second kappa shape index (κ2) is 10.2. The zero-order chi connectivity index (χ0) is 19.6. The molecule has 0 aromatic heterocycles. The van der Waals surface area contributed by atoms with Gasteiger partial charge in [-0.05, 0) is 24.6 Å². The lowest BCUT2D eigenvalue weighted by atomic mass is 10.0. The normalized spacial score (nSPS) is 11.5. The molecule has 0 bridgehead atoms. The van der Waals surface area contributed by atoms with E-state index in [0.717, 1.165) is 18.1 Å². The van der Waals surface area contributed by atoms with Gasteiger partial charge in [0.15, 0.2) is 0 Å². The van der Waals surface area contributed by atoms with Crippen molar-refractivity contribution >= 4 is 17.5 Å². The van der Waals surface area contributed by atoms with Gasteiger partial charge in [0.05, 0.1) is 0 Å². The van der Waals surface area contributed by atoms with Crippen LogP contribution in [0.1, 0.15) is 18.1 Å². The van der Waals surface area contributed by atoms with Crippen LogP contribution in [0, 0.1) is 0 Å². The molecule has 0 heterocycles. The molecule has 0 unspecified atom stereocenters. The summed E-state index contributed by atoms with van der Waals surface area (Å²) >= 11 is 0. The Morgan fingerprint density at radius 1 is 1.04 bits per heavy atom. The second-order valence-electron chi connectivity index (χ2n) is 6.35. The molecule has 2 aromatic carbocycles. The van der Waals surface area contributed by atoms with Crippen LogP contribution in [0.3, 0.4) is 0 Å². The summed E-state index contributed by atoms with van der Waals surface area (Å²) in [5.41, 5.74) is 10.5. The molecule has 0 amide bonds. The van der Waals surface area contributed by atoms with Gasteiger partial charge in [0.2, 0.25) is 5.78 Å². The predicted molar refractivity (Wildman–Crippen MR) is 102 cm³/mol. The molecule has 0 N–H and O–H groups in total. The summed E-state index contributed by atoms with van der Waals surface area (Å²) < 4.78 is 5.26. The molecular formula is C21H23N3O3. The molecule has 140 valence electrons. The van der Waals surface area contributed by atoms with E-state index in [1.54, 1.807) is 0 Å². The third-order valence-electron chi connectivity index (χ3n) is 4.25. The lowest BCUT2D eigenvalue weighted by molar-refractivity contribution is -0.143. The van der Waals surface area contributed by atoms with E-state index in [9.17, 15) is 9.59 Å². The first-order valence-electron chi connectivity index (χ1n) is 8.69. The number of Topliss-reactive ketones (excluding diaryl/α,β-unsaturated/α-hetero) is 1. The van der Waals surface area contributed by atoms with Crippen molar-refractivity contribution in [1.29, 1.82) is 0 Å². The number of hydrogen-bond donors (Lipinski definition) is 0. The highest BCUT2D eigenvalue weighted by molar-refractivity contribution is 6.61. The van der Waals surface area contributed by atoms with E-state index >= 15 is 0 Å². The molecule has 0 spiro atoms. The van der Waals surface area contributed by atoms with Gasteiger partial charge in [0, 0.05) is 19.5 Å². The molecule has 0 fully saturated rings. The number of hydrogen-bond acceptors (Lipinski definition) is 4. The minimum Gasteiger partial charge on any atom is -0.455 e. The van der Waals surface area contributed by atoms with Crippen LogP contribution in [0.2, 0.25) is 0 Å². The van der Waals surface area contributed by atoms with Gasteiger partial charge < -0.3 is 10.3 Å². The average molecular weight is 365 g/mol. The number of carbonyl (C=O) groups is 2. The van der Waals surface area contributed by atoms with Gasteiger partial charge in [0.1, 0.15) is 6.61 Å². The van der Waals surface area contributed by atoms with Gasteiger partial charge in [-0.1, -0.05) is 60.7 Å². The Hall–Kier alpha value is -3.08. The van der Waals surface area contributed by atoms with E-state index < -0.39 is 17.5 Å². The lowest BCUT2D eigenvalue weighted by Crippen LogP contribution is -2.39. The van der Waals surface area contributed by atoms with Crippen molar-refractivity contribution in [2.45, 2.75) is 25.9 Å². The van der Waals surface area contributed by atoms with Crippen LogP contribution in [0.4, 0.5) is 0 Å². The maximum atomic E-state index is 12.0. The number of ether oxygens (including phenoxy) is 1. The van der Waals surface area contributed by atoms with Crippen molar-refractivity contribution < 1.29 is 19.1 Å². The van der Waals surface area contributed by atoms with Gasteiger partial charge in [-0.2, -0.15) is 4.79 Å². The zero-order valence-electron chi connectivity index (χ0n) is 15.5. The number of esters is 1. The summed E-state index contributed by atoms with van der Waals surface area (Å²) in [6.45, 7) is 1.91. The van der Waals surface area contributed by atoms with Crippen LogP contribution in [-0.2, 0) is 27.3 Å². The highest BCUT2D eigenvalue weighted by Crippen LogP contribution is 2.12. The van der Waals surface area contributed by atoms with Crippen LogP contribution in [0.15, 0.2) is 60.7 Å². The first-order chi connectivity index (χ1) is 13.0. The van der Waals surface area contributed by atoms with Gasteiger partial charge in [-0.3, -0.25) is 9.69 Å². The molecule has 2 aromatic rings. The van der Waals surface area contributed by atoms with Gasteiger partial charge >= 0.3 is 11.7 Å². The van der Waals surface area contributed by atoms with E-state index in [0.29, 0.717) is 13.0 Å². The Bertz CT molecular complexity index is 815. The molecule has 27 heavy (non-hydrogen) atoms. The Kier molecular flexibility index (Phi) is 7.62. The number of rotatable bonds is 9. The summed E-state index contributed by atoms with van der Waals surface area (Å²) in [5.74, 6) is -1.56. The van der Waals surface area contributed by atoms with Crippen molar-refractivity contribution in [3.63, 3.8) is 0 Å². The maximum absolute atomic E-state index is 12.0. The number of carbonyl (C=O) groups excluding carboxylic acids is 2. The molecule has 6 heteroatoms. The fourth-order valence-corrected chi connectivity index (χ4v) is 2.72. The van der Waals surface area contributed by atoms with Crippen molar-refractivity contribution in [2.75, 3.05) is 13.7 Å². The molecule has 0 radical (unpaired) electrons. The van der Waals surface area contributed by atoms with Crippen molar-refractivity contribution in [3.05, 3.63) is 77.3 Å². The molecular weight excluding hydrogens is 342 g/mol. The number of nitrogens with zero attached hydrogens (tertiary/aromatic N) is 3. The number of benzene rings is 2. The van der Waals surface area contributed by atoms with Crippen molar-refractivity contribution in [2.24, 2.45) is 0 Å². The van der Waals surface area contributed by atoms with Crippen LogP contribution < -0.4 is 0 Å². The second-order valence-corrected chi connectivity index (χ2v) is 6.35. The van der Waals surface area contributed by atoms with Crippen LogP contribution in [-0.4, -0.2) is 46.9 Å². The topological polar surface area (TPSA) is 83.0 Å². The first kappa shape index (κ1) is 20.2. The van der Waals surface area contributed by atoms with E-state index in [1.165, 1.54) is 0 Å². The highest BCUT2D eigenvalue weighted by atomic mass is 16.5. The lowest BCUT2D eigenvalue weighted by Gasteiger charge is -2.27. The standard InChI is InChI=1S/C21H23N3O3/c1-16(25)20(23-22)21(26)27-15-19(13-17-9-5-3-6-10-17)24(2)14-18-11-7-4-8-12-18/h3-12,19H,13-15H2,1-2H3/t19-/m0/s1. The van der Waals surface area contributed by atoms with Crippen molar-refractivity contribution in [1.82, 2.24) is 4.90 Å². The molecule has 0 aliphatic carbocycles. The smallest absolute Gasteiger partial charge is 0.441 e. The maximum Gasteiger partial charge on any atom is 0.441 e. The first-order valence-corrected chi connectivity index (χ1v) is 8.69. The largest absolute Gasteiger partial charge is 0.455 e. The summed E-state index contributed by atoms with van der Waals surface area (Å²) in [7, 11) is 1.96. The molecule has 0 saturated carbocycles. The number of likely N-dealkylation sites (N-methyl/N-ethyl adjacent to an activating group) is 1. The van der Waals surface area contributed by atoms with Crippen LogP contribution in [0.5, 0.6) is 0 Å². The van der Waals surface area contributed by atoms with Crippen LogP contribution >= 0.6 is 0 Å². The summed E-state index contributed by atoms with van der Waals surface area (Å²) in [6, 6.07) is 19.8. The molecule has 2 rings (SSSR count). The summed E-state index contributed by atoms with van der Waals surface area (Å²) in [5, 5.41) is 0. The van der Waals surface area contributed by atoms with Gasteiger partial charge in [0.25, 0.3) is 0 Å². The minimum absolute atomic E-state index is 0.0728. The molecule has 0 aliphatic rings. The highest BCUT2D eigenvalue weighted by Gasteiger charge is 2.29. The zero-order valence-corrected chi connectivity index (χ0v) is 15.5. The molecule has 0 aliphatic heterocycles. The van der Waals surface area contributed by atoms with Gasteiger partial charge in [-0.25, -0.2) is 4.79 Å². The molecule has 0 saturated heterocycles. The molecule has 6 nitrogen and oxygen atoms in total. The Balaban J connectivity index is 2.10.